The topological polar surface area (TPSA) is 87.1 Å². The van der Waals surface area contributed by atoms with Crippen molar-refractivity contribution in [2.75, 3.05) is 4.90 Å². The maximum Gasteiger partial charge on any atom is 0.487 e. The molecule has 2 heterocycles. The third-order valence-electron chi connectivity index (χ3n) is 7.81. The molecule has 2 fully saturated rings. The van der Waals surface area contributed by atoms with E-state index in [1.54, 1.807) is 19.1 Å². The van der Waals surface area contributed by atoms with E-state index in [1.807, 2.05) is 0 Å². The van der Waals surface area contributed by atoms with Crippen LogP contribution in [-0.4, -0.2) is 29.1 Å². The normalized spacial score (nSPS) is 25.4. The molecule has 0 saturated carbocycles. The number of hydrogen-bond donors (Lipinski definition) is 2. The second kappa shape index (κ2) is 9.91. The Morgan fingerprint density at radius 1 is 1.00 bits per heavy atom. The number of hydrogen-bond acceptors (Lipinski definition) is 5. The number of amides is 2. The van der Waals surface area contributed by atoms with E-state index in [9.17, 15) is 46.1 Å². The van der Waals surface area contributed by atoms with Gasteiger partial charge in [0, 0.05) is 10.0 Å². The Kier molecular flexibility index (Phi) is 7.11. The fourth-order valence-electron chi connectivity index (χ4n) is 6.06. The van der Waals surface area contributed by atoms with Crippen molar-refractivity contribution in [1.82, 2.24) is 0 Å². The van der Waals surface area contributed by atoms with Crippen LogP contribution < -0.4 is 4.90 Å². The van der Waals surface area contributed by atoms with Crippen LogP contribution in [0, 0.1) is 17.8 Å². The average Bonchev–Trinajstić information content (AvgIpc) is 3.12. The molecule has 0 unspecified atom stereocenters. The highest BCUT2D eigenvalue weighted by molar-refractivity contribution is 9.10. The lowest BCUT2D eigenvalue weighted by atomic mass is 9.55. The number of fused-ring (bicyclic) bond motifs is 3. The van der Waals surface area contributed by atoms with Crippen LogP contribution in [0.2, 0.25) is 0 Å². The molecular formula is C26H21BBrF6NO5. The standard InChI is InChI=1S/C26H21BBrF6NO5/c1-2-11-5-18-21(17-10-20(40-27(39)22(11)17)16-9-14(28)3-4-19(16)36)24(38)35(23(18)37)15-7-12(25(29,30)31)6-13(8-15)26(32,33)34/h3-4,6-9,17-18,20-21,36,39H,2,5,10H2,1H3/t17-,18-,20-,21+/m0/s1. The van der Waals surface area contributed by atoms with Crippen LogP contribution in [0.4, 0.5) is 32.0 Å². The van der Waals surface area contributed by atoms with Crippen LogP contribution in [0.3, 0.4) is 0 Å². The molecule has 14 heteroatoms. The average molecular weight is 632 g/mol. The molecule has 2 saturated heterocycles. The van der Waals surface area contributed by atoms with Crippen molar-refractivity contribution in [2.24, 2.45) is 17.8 Å². The van der Waals surface area contributed by atoms with E-state index in [0.717, 1.165) is 0 Å². The quantitative estimate of drug-likeness (QED) is 0.239. The molecule has 3 aliphatic rings. The summed E-state index contributed by atoms with van der Waals surface area (Å²) >= 11 is 3.30. The van der Waals surface area contributed by atoms with E-state index < -0.39 is 72.0 Å². The molecule has 2 aliphatic heterocycles. The lowest BCUT2D eigenvalue weighted by Crippen LogP contribution is -2.44. The SMILES string of the molecule is CCC1=C2B(O)O[C@H](c3cc(Br)ccc3O)C[C@H]2[C@H]2C(=O)N(c3cc(C(F)(F)F)cc(C(F)(F)F)c3)C(=O)[C@H]2C1. The number of aromatic hydroxyl groups is 1. The molecule has 40 heavy (non-hydrogen) atoms. The molecule has 1 aliphatic carbocycles. The minimum atomic E-state index is -5.16. The number of allylic oxidation sites excluding steroid dienone is 2. The van der Waals surface area contributed by atoms with Crippen LogP contribution in [0.1, 0.15) is 49.0 Å². The molecular weight excluding hydrogens is 611 g/mol. The van der Waals surface area contributed by atoms with Gasteiger partial charge in [-0.1, -0.05) is 28.4 Å². The van der Waals surface area contributed by atoms with E-state index >= 15 is 0 Å². The predicted molar refractivity (Wildman–Crippen MR) is 134 cm³/mol. The molecule has 0 spiro atoms. The third kappa shape index (κ3) is 4.83. The first-order chi connectivity index (χ1) is 18.6. The monoisotopic (exact) mass is 631 g/mol. The van der Waals surface area contributed by atoms with Gasteiger partial charge in [-0.25, -0.2) is 4.90 Å². The second-order valence-corrected chi connectivity index (χ2v) is 11.0. The van der Waals surface area contributed by atoms with Crippen molar-refractivity contribution in [3.63, 3.8) is 0 Å². The van der Waals surface area contributed by atoms with Crippen molar-refractivity contribution in [3.8, 4) is 5.75 Å². The number of carbonyl (C=O) groups excluding carboxylic acids is 2. The highest BCUT2D eigenvalue weighted by atomic mass is 79.9. The van der Waals surface area contributed by atoms with Gasteiger partial charge < -0.3 is 14.8 Å². The summed E-state index contributed by atoms with van der Waals surface area (Å²) in [7, 11) is -1.50. The number of alkyl halides is 6. The number of phenolic OH excluding ortho intramolecular Hbond substituents is 1. The zero-order valence-corrected chi connectivity index (χ0v) is 22.3. The van der Waals surface area contributed by atoms with Crippen LogP contribution in [0.25, 0.3) is 0 Å². The smallest absolute Gasteiger partial charge is 0.487 e. The minimum absolute atomic E-state index is 0.00755. The lowest BCUT2D eigenvalue weighted by Gasteiger charge is -2.42. The number of benzene rings is 2. The zero-order chi connectivity index (χ0) is 29.3. The van der Waals surface area contributed by atoms with Crippen molar-refractivity contribution < 1.29 is 50.7 Å². The summed E-state index contributed by atoms with van der Waals surface area (Å²) in [5.74, 6) is -5.02. The Hall–Kier alpha value is -2.84. The Bertz CT molecular complexity index is 1400. The first-order valence-electron chi connectivity index (χ1n) is 12.3. The van der Waals surface area contributed by atoms with Crippen molar-refractivity contribution in [3.05, 3.63) is 68.6 Å². The number of halogens is 7. The minimum Gasteiger partial charge on any atom is -0.508 e. The summed E-state index contributed by atoms with van der Waals surface area (Å²) < 4.78 is 87.5. The molecule has 4 atom stereocenters. The van der Waals surface area contributed by atoms with Crippen molar-refractivity contribution >= 4 is 40.6 Å². The summed E-state index contributed by atoms with van der Waals surface area (Å²) in [6.45, 7) is 1.76. The Morgan fingerprint density at radius 3 is 2.20 bits per heavy atom. The largest absolute Gasteiger partial charge is 0.508 e. The Morgan fingerprint density at radius 2 is 1.62 bits per heavy atom. The third-order valence-corrected chi connectivity index (χ3v) is 8.30. The molecule has 0 radical (unpaired) electrons. The first-order valence-corrected chi connectivity index (χ1v) is 13.1. The fourth-order valence-corrected chi connectivity index (χ4v) is 6.43. The van der Waals surface area contributed by atoms with E-state index in [2.05, 4.69) is 15.9 Å². The first kappa shape index (κ1) is 28.7. The molecule has 2 aromatic rings. The van der Waals surface area contributed by atoms with Crippen LogP contribution in [0.5, 0.6) is 5.75 Å². The van der Waals surface area contributed by atoms with Gasteiger partial charge in [-0.3, -0.25) is 9.59 Å². The second-order valence-electron chi connectivity index (χ2n) is 10.0. The van der Waals surface area contributed by atoms with Gasteiger partial charge in [0.25, 0.3) is 0 Å². The summed E-state index contributed by atoms with van der Waals surface area (Å²) in [6.07, 6.45) is -10.9. The van der Waals surface area contributed by atoms with Crippen LogP contribution >= 0.6 is 15.9 Å². The molecule has 2 amide bonds. The number of carbonyl (C=O) groups is 2. The molecule has 6 nitrogen and oxygen atoms in total. The van der Waals surface area contributed by atoms with Crippen molar-refractivity contribution in [1.29, 1.82) is 0 Å². The molecule has 0 bridgehead atoms. The van der Waals surface area contributed by atoms with Gasteiger partial charge in [-0.15, -0.1) is 0 Å². The summed E-state index contributed by atoms with van der Waals surface area (Å²) in [4.78, 5) is 27.7. The molecule has 2 N–H and O–H groups in total. The van der Waals surface area contributed by atoms with Crippen LogP contribution in [0.15, 0.2) is 51.9 Å². The number of anilines is 1. The molecule has 5 rings (SSSR count). The Balaban J connectivity index is 1.59. The maximum absolute atomic E-state index is 13.7. The van der Waals surface area contributed by atoms with E-state index in [4.69, 9.17) is 4.65 Å². The molecule has 212 valence electrons. The van der Waals surface area contributed by atoms with E-state index in [1.165, 1.54) is 6.07 Å². The number of nitrogens with zero attached hydrogens (tertiary/aromatic N) is 1. The van der Waals surface area contributed by atoms with Crippen molar-refractivity contribution in [2.45, 2.75) is 44.6 Å². The van der Waals surface area contributed by atoms with Gasteiger partial charge in [0.15, 0.2) is 0 Å². The van der Waals surface area contributed by atoms with Crippen LogP contribution in [-0.2, 0) is 26.6 Å². The molecule has 0 aromatic heterocycles. The predicted octanol–water partition coefficient (Wildman–Crippen LogP) is 6.21. The highest BCUT2D eigenvalue weighted by Crippen LogP contribution is 2.53. The zero-order valence-electron chi connectivity index (χ0n) is 20.7. The number of rotatable bonds is 3. The fraction of sp³-hybridized carbons (Fsp3) is 0.385. The van der Waals surface area contributed by atoms with Gasteiger partial charge in [0.1, 0.15) is 5.75 Å². The maximum atomic E-state index is 13.7. The number of phenols is 1. The van der Waals surface area contributed by atoms with E-state index in [-0.39, 0.29) is 24.7 Å². The van der Waals surface area contributed by atoms with Gasteiger partial charge in [0.05, 0.1) is 34.8 Å². The lowest BCUT2D eigenvalue weighted by molar-refractivity contribution is -0.143. The van der Waals surface area contributed by atoms with Gasteiger partial charge in [-0.05, 0) is 67.1 Å². The Labute approximate surface area is 232 Å². The van der Waals surface area contributed by atoms with Gasteiger partial charge in [-0.2, -0.15) is 26.3 Å². The summed E-state index contributed by atoms with van der Waals surface area (Å²) in [5, 5.41) is 21.4. The van der Waals surface area contributed by atoms with E-state index in [0.29, 0.717) is 44.5 Å². The highest BCUT2D eigenvalue weighted by Gasteiger charge is 2.58. The number of imide groups is 1. The summed E-state index contributed by atoms with van der Waals surface area (Å²) in [5.41, 5.74) is -2.81. The summed E-state index contributed by atoms with van der Waals surface area (Å²) in [6, 6.07) is 5.20. The van der Waals surface area contributed by atoms with Gasteiger partial charge in [0.2, 0.25) is 11.8 Å². The molecule has 2 aromatic carbocycles. The van der Waals surface area contributed by atoms with Gasteiger partial charge >= 0.3 is 19.5 Å².